The second-order valence-electron chi connectivity index (χ2n) is 4.90. The molecule has 1 atom stereocenters. The van der Waals surface area contributed by atoms with Crippen molar-refractivity contribution in [2.75, 3.05) is 31.1 Å². The highest BCUT2D eigenvalue weighted by molar-refractivity contribution is 7.17. The molecule has 3 rings (SSSR count). The number of aromatic nitrogens is 2. The molecule has 1 unspecified atom stereocenters. The Balaban J connectivity index is 1.90. The minimum atomic E-state index is -0.564. The van der Waals surface area contributed by atoms with Crippen molar-refractivity contribution in [1.82, 2.24) is 14.9 Å². The van der Waals surface area contributed by atoms with Gasteiger partial charge in [0.05, 0.1) is 16.3 Å². The Morgan fingerprint density at radius 1 is 1.40 bits per heavy atom. The first kappa shape index (κ1) is 13.3. The summed E-state index contributed by atoms with van der Waals surface area (Å²) < 4.78 is 1.02. The van der Waals surface area contributed by atoms with Crippen molar-refractivity contribution in [3.05, 3.63) is 17.8 Å². The van der Waals surface area contributed by atoms with Crippen LogP contribution < -0.4 is 4.90 Å². The van der Waals surface area contributed by atoms with E-state index in [0.717, 1.165) is 16.0 Å². The number of nitrogens with zero attached hydrogens (tertiary/aromatic N) is 4. The largest absolute Gasteiger partial charge is 0.389 e. The number of β-amino-alcohol motifs (C(OH)–C–C–N with tert-alkyl or cyclic N) is 1. The molecule has 0 aliphatic carbocycles. The SMILES string of the molecule is CC(=O)N1CCN(c2ncnc3ccsc23)CC(O)C1. The maximum absolute atomic E-state index is 11.5. The zero-order valence-corrected chi connectivity index (χ0v) is 12.0. The highest BCUT2D eigenvalue weighted by Gasteiger charge is 2.24. The Morgan fingerprint density at radius 2 is 2.25 bits per heavy atom. The van der Waals surface area contributed by atoms with E-state index in [4.69, 9.17) is 0 Å². The van der Waals surface area contributed by atoms with Gasteiger partial charge in [-0.2, -0.15) is 0 Å². The number of amides is 1. The summed E-state index contributed by atoms with van der Waals surface area (Å²) >= 11 is 1.59. The highest BCUT2D eigenvalue weighted by Crippen LogP contribution is 2.28. The molecule has 1 N–H and O–H groups in total. The zero-order chi connectivity index (χ0) is 14.1. The number of thiophene rings is 1. The first-order chi connectivity index (χ1) is 9.65. The van der Waals surface area contributed by atoms with Crippen molar-refractivity contribution < 1.29 is 9.90 Å². The summed E-state index contributed by atoms with van der Waals surface area (Å²) in [5.41, 5.74) is 0.919. The van der Waals surface area contributed by atoms with Gasteiger partial charge in [0.15, 0.2) is 0 Å². The van der Waals surface area contributed by atoms with Gasteiger partial charge >= 0.3 is 0 Å². The molecule has 0 spiro atoms. The highest BCUT2D eigenvalue weighted by atomic mass is 32.1. The summed E-state index contributed by atoms with van der Waals surface area (Å²) in [6.45, 7) is 3.66. The Morgan fingerprint density at radius 3 is 3.05 bits per heavy atom. The Kier molecular flexibility index (Phi) is 3.54. The van der Waals surface area contributed by atoms with Gasteiger partial charge in [-0.15, -0.1) is 11.3 Å². The molecule has 2 aromatic heterocycles. The summed E-state index contributed by atoms with van der Waals surface area (Å²) in [5.74, 6) is 0.837. The number of rotatable bonds is 1. The maximum Gasteiger partial charge on any atom is 0.219 e. The third kappa shape index (κ3) is 2.46. The van der Waals surface area contributed by atoms with Crippen molar-refractivity contribution in [3.8, 4) is 0 Å². The molecule has 6 nitrogen and oxygen atoms in total. The molecule has 1 saturated heterocycles. The molecular formula is C13H16N4O2S. The van der Waals surface area contributed by atoms with E-state index in [1.807, 2.05) is 16.3 Å². The molecule has 106 valence electrons. The van der Waals surface area contributed by atoms with Gasteiger partial charge in [-0.05, 0) is 11.4 Å². The van der Waals surface area contributed by atoms with Crippen LogP contribution in [0.2, 0.25) is 0 Å². The van der Waals surface area contributed by atoms with Crippen molar-refractivity contribution in [2.24, 2.45) is 0 Å². The van der Waals surface area contributed by atoms with Crippen LogP contribution in [0.3, 0.4) is 0 Å². The lowest BCUT2D eigenvalue weighted by atomic mass is 10.3. The van der Waals surface area contributed by atoms with Gasteiger partial charge < -0.3 is 14.9 Å². The average Bonchev–Trinajstić information content (AvgIpc) is 2.81. The fraction of sp³-hybridized carbons (Fsp3) is 0.462. The molecular weight excluding hydrogens is 276 g/mol. The molecule has 0 radical (unpaired) electrons. The van der Waals surface area contributed by atoms with Crippen molar-refractivity contribution in [1.29, 1.82) is 0 Å². The molecule has 1 aliphatic rings. The maximum atomic E-state index is 11.5. The van der Waals surface area contributed by atoms with Gasteiger partial charge in [0, 0.05) is 33.1 Å². The second-order valence-corrected chi connectivity index (χ2v) is 5.81. The van der Waals surface area contributed by atoms with Crippen molar-refractivity contribution in [3.63, 3.8) is 0 Å². The number of aliphatic hydroxyl groups excluding tert-OH is 1. The first-order valence-electron chi connectivity index (χ1n) is 6.52. The van der Waals surface area contributed by atoms with Gasteiger partial charge in [0.25, 0.3) is 0 Å². The van der Waals surface area contributed by atoms with Crippen LogP contribution in [0.15, 0.2) is 17.8 Å². The van der Waals surface area contributed by atoms with Crippen LogP contribution in [-0.2, 0) is 4.79 Å². The molecule has 20 heavy (non-hydrogen) atoms. The number of fused-ring (bicyclic) bond motifs is 1. The Hall–Kier alpha value is -1.73. The monoisotopic (exact) mass is 292 g/mol. The van der Waals surface area contributed by atoms with Gasteiger partial charge in [-0.3, -0.25) is 4.79 Å². The van der Waals surface area contributed by atoms with Crippen LogP contribution in [0.4, 0.5) is 5.82 Å². The molecule has 7 heteroatoms. The molecule has 0 saturated carbocycles. The smallest absolute Gasteiger partial charge is 0.219 e. The first-order valence-corrected chi connectivity index (χ1v) is 7.40. The fourth-order valence-corrected chi connectivity index (χ4v) is 3.33. The van der Waals surface area contributed by atoms with Gasteiger partial charge in [0.1, 0.15) is 12.1 Å². The molecule has 0 aromatic carbocycles. The number of hydrogen-bond donors (Lipinski definition) is 1. The quantitative estimate of drug-likeness (QED) is 0.839. The molecule has 1 fully saturated rings. The summed E-state index contributed by atoms with van der Waals surface area (Å²) in [4.78, 5) is 23.8. The van der Waals surface area contributed by atoms with Crippen LogP contribution in [0.25, 0.3) is 10.2 Å². The van der Waals surface area contributed by atoms with Gasteiger partial charge in [0.2, 0.25) is 5.91 Å². The van der Waals surface area contributed by atoms with E-state index in [0.29, 0.717) is 26.2 Å². The molecule has 3 heterocycles. The number of carbonyl (C=O) groups excluding carboxylic acids is 1. The summed E-state index contributed by atoms with van der Waals surface area (Å²) in [6.07, 6.45) is 0.982. The summed E-state index contributed by atoms with van der Waals surface area (Å²) in [5, 5.41) is 12.1. The van der Waals surface area contributed by atoms with Crippen molar-refractivity contribution >= 4 is 33.3 Å². The molecule has 0 bridgehead atoms. The van der Waals surface area contributed by atoms with E-state index in [1.165, 1.54) is 6.92 Å². The lowest BCUT2D eigenvalue weighted by molar-refractivity contribution is -0.129. The summed E-state index contributed by atoms with van der Waals surface area (Å²) in [7, 11) is 0. The Bertz CT molecular complexity index is 630. The van der Waals surface area contributed by atoms with Gasteiger partial charge in [-0.25, -0.2) is 9.97 Å². The number of hydrogen-bond acceptors (Lipinski definition) is 6. The third-order valence-corrected chi connectivity index (χ3v) is 4.37. The fourth-order valence-electron chi connectivity index (χ4n) is 2.47. The van der Waals surface area contributed by atoms with Crippen LogP contribution in [0.1, 0.15) is 6.92 Å². The predicted octanol–water partition coefficient (Wildman–Crippen LogP) is 0.721. The van der Waals surface area contributed by atoms with E-state index in [1.54, 1.807) is 22.6 Å². The predicted molar refractivity (Wildman–Crippen MR) is 77.9 cm³/mol. The van der Waals surface area contributed by atoms with E-state index in [2.05, 4.69) is 9.97 Å². The van der Waals surface area contributed by atoms with Gasteiger partial charge in [-0.1, -0.05) is 0 Å². The topological polar surface area (TPSA) is 69.6 Å². The average molecular weight is 292 g/mol. The zero-order valence-electron chi connectivity index (χ0n) is 11.2. The van der Waals surface area contributed by atoms with Crippen LogP contribution >= 0.6 is 11.3 Å². The number of carbonyl (C=O) groups is 1. The van der Waals surface area contributed by atoms with E-state index in [-0.39, 0.29) is 5.91 Å². The number of anilines is 1. The minimum absolute atomic E-state index is 0.00476. The second kappa shape index (κ2) is 5.34. The molecule has 2 aromatic rings. The normalized spacial score (nSPS) is 20.2. The van der Waals surface area contributed by atoms with Crippen LogP contribution in [0.5, 0.6) is 0 Å². The Labute approximate surface area is 120 Å². The molecule has 1 amide bonds. The lowest BCUT2D eigenvalue weighted by Gasteiger charge is -2.22. The van der Waals surface area contributed by atoms with Crippen molar-refractivity contribution in [2.45, 2.75) is 13.0 Å². The third-order valence-electron chi connectivity index (χ3n) is 3.47. The van der Waals surface area contributed by atoms with E-state index >= 15 is 0 Å². The standard InChI is InChI=1S/C13H16N4O2S/c1-9(18)16-3-4-17(7-10(19)6-16)13-12-11(2-5-20-12)14-8-15-13/h2,5,8,10,19H,3-4,6-7H2,1H3. The van der Waals surface area contributed by atoms with Crippen LogP contribution in [-0.4, -0.2) is 58.2 Å². The molecule has 1 aliphatic heterocycles. The minimum Gasteiger partial charge on any atom is -0.389 e. The summed E-state index contributed by atoms with van der Waals surface area (Å²) in [6, 6.07) is 1.96. The van der Waals surface area contributed by atoms with E-state index < -0.39 is 6.10 Å². The van der Waals surface area contributed by atoms with Crippen LogP contribution in [0, 0.1) is 0 Å². The number of aliphatic hydroxyl groups is 1. The lowest BCUT2D eigenvalue weighted by Crippen LogP contribution is -2.36. The van der Waals surface area contributed by atoms with E-state index in [9.17, 15) is 9.90 Å².